The summed E-state index contributed by atoms with van der Waals surface area (Å²) < 4.78 is 5.25. The van der Waals surface area contributed by atoms with Crippen LogP contribution in [0, 0.1) is 16.7 Å². The zero-order valence-corrected chi connectivity index (χ0v) is 17.2. The lowest BCUT2D eigenvalue weighted by Crippen LogP contribution is -2.34. The maximum atomic E-state index is 12.2. The Kier molecular flexibility index (Phi) is 4.78. The molecular formula is C21H25ClN4O2. The fourth-order valence-corrected chi connectivity index (χ4v) is 4.70. The topological polar surface area (TPSA) is 80.4 Å². The summed E-state index contributed by atoms with van der Waals surface area (Å²) in [4.78, 5) is 16.6. The summed E-state index contributed by atoms with van der Waals surface area (Å²) in [5, 5.41) is 9.10. The first-order chi connectivity index (χ1) is 13.3. The first-order valence-electron chi connectivity index (χ1n) is 9.74. The minimum atomic E-state index is -0.136. The normalized spacial score (nSPS) is 26.7. The van der Waals surface area contributed by atoms with Crippen molar-refractivity contribution >= 4 is 23.2 Å². The molecule has 1 aromatic heterocycles. The molecule has 2 aliphatic carbocycles. The van der Waals surface area contributed by atoms with E-state index in [2.05, 4.69) is 41.4 Å². The van der Waals surface area contributed by atoms with Crippen molar-refractivity contribution < 1.29 is 9.32 Å². The lowest BCUT2D eigenvalue weighted by molar-refractivity contribution is -0.121. The number of benzene rings is 1. The summed E-state index contributed by atoms with van der Waals surface area (Å²) in [6.45, 7) is 6.92. The van der Waals surface area contributed by atoms with Crippen LogP contribution in [0.25, 0.3) is 11.4 Å². The third kappa shape index (κ3) is 3.24. The van der Waals surface area contributed by atoms with E-state index in [0.29, 0.717) is 29.1 Å². The molecule has 1 N–H and O–H groups in total. The number of aryl methyl sites for hydroxylation is 1. The Morgan fingerprint density at radius 3 is 2.71 bits per heavy atom. The van der Waals surface area contributed by atoms with E-state index >= 15 is 0 Å². The van der Waals surface area contributed by atoms with Gasteiger partial charge >= 0.3 is 0 Å². The van der Waals surface area contributed by atoms with Gasteiger partial charge in [0.15, 0.2) is 0 Å². The third-order valence-corrected chi connectivity index (χ3v) is 7.22. The van der Waals surface area contributed by atoms with Crippen LogP contribution in [0.2, 0.25) is 5.02 Å². The summed E-state index contributed by atoms with van der Waals surface area (Å²) in [5.74, 6) is 1.45. The number of amides is 1. The smallest absolute Gasteiger partial charge is 0.240 e. The molecule has 1 amide bonds. The predicted octanol–water partition coefficient (Wildman–Crippen LogP) is 4.64. The standard InChI is InChI=1S/C21H25ClN4O2/c1-20(2)14-10-11-21(20,3)16(12-14)24-25-17(27)8-9-18-23-19(26-28-18)13-4-6-15(22)7-5-13/h4-7,14H,8-12H2,1-3H3,(H,25,27)/b24-16+/t14-,21-/m0/s1. The van der Waals surface area contributed by atoms with Crippen molar-refractivity contribution in [3.8, 4) is 11.4 Å². The zero-order valence-electron chi connectivity index (χ0n) is 16.5. The molecule has 1 heterocycles. The van der Waals surface area contributed by atoms with E-state index in [1.807, 2.05) is 12.1 Å². The van der Waals surface area contributed by atoms with Crippen LogP contribution in [-0.2, 0) is 11.2 Å². The van der Waals surface area contributed by atoms with E-state index in [0.717, 1.165) is 24.1 Å². The van der Waals surface area contributed by atoms with Crippen LogP contribution in [0.4, 0.5) is 0 Å². The predicted molar refractivity (Wildman–Crippen MR) is 108 cm³/mol. The summed E-state index contributed by atoms with van der Waals surface area (Å²) in [5.41, 5.74) is 5.02. The first kappa shape index (κ1) is 19.1. The highest BCUT2D eigenvalue weighted by molar-refractivity contribution is 6.30. The molecule has 6 nitrogen and oxygen atoms in total. The number of carbonyl (C=O) groups excluding carboxylic acids is 1. The first-order valence-corrected chi connectivity index (χ1v) is 10.1. The molecule has 7 heteroatoms. The van der Waals surface area contributed by atoms with E-state index in [-0.39, 0.29) is 23.2 Å². The van der Waals surface area contributed by atoms with Crippen molar-refractivity contribution in [1.82, 2.24) is 15.6 Å². The van der Waals surface area contributed by atoms with Crippen molar-refractivity contribution in [2.75, 3.05) is 0 Å². The van der Waals surface area contributed by atoms with E-state index in [1.54, 1.807) is 12.1 Å². The molecule has 0 spiro atoms. The Hall–Kier alpha value is -2.21. The molecule has 28 heavy (non-hydrogen) atoms. The number of nitrogens with one attached hydrogen (secondary N) is 1. The highest BCUT2D eigenvalue weighted by Crippen LogP contribution is 2.63. The van der Waals surface area contributed by atoms with Gasteiger partial charge in [-0.15, -0.1) is 0 Å². The van der Waals surface area contributed by atoms with Gasteiger partial charge in [-0.1, -0.05) is 37.5 Å². The summed E-state index contributed by atoms with van der Waals surface area (Å²) >= 11 is 5.89. The fourth-order valence-electron chi connectivity index (χ4n) is 4.58. The molecule has 0 saturated heterocycles. The molecule has 2 saturated carbocycles. The van der Waals surface area contributed by atoms with Crippen LogP contribution < -0.4 is 5.43 Å². The minimum Gasteiger partial charge on any atom is -0.339 e. The lowest BCUT2D eigenvalue weighted by Gasteiger charge is -2.34. The van der Waals surface area contributed by atoms with Crippen LogP contribution >= 0.6 is 11.6 Å². The number of hydrazone groups is 1. The second-order valence-corrected chi connectivity index (χ2v) is 9.04. The Bertz CT molecular complexity index is 919. The highest BCUT2D eigenvalue weighted by atomic mass is 35.5. The molecule has 2 atom stereocenters. The van der Waals surface area contributed by atoms with Gasteiger partial charge in [-0.3, -0.25) is 4.79 Å². The number of rotatable bonds is 5. The van der Waals surface area contributed by atoms with Crippen LogP contribution in [0.5, 0.6) is 0 Å². The Morgan fingerprint density at radius 2 is 2.07 bits per heavy atom. The molecule has 0 radical (unpaired) electrons. The molecule has 4 rings (SSSR count). The molecule has 148 valence electrons. The highest BCUT2D eigenvalue weighted by Gasteiger charge is 2.59. The number of hydrogen-bond donors (Lipinski definition) is 1. The summed E-state index contributed by atoms with van der Waals surface area (Å²) in [6, 6.07) is 7.21. The maximum absolute atomic E-state index is 12.2. The van der Waals surface area contributed by atoms with Crippen LogP contribution in [0.15, 0.2) is 33.9 Å². The molecule has 2 fully saturated rings. The number of nitrogens with zero attached hydrogens (tertiary/aromatic N) is 3. The molecule has 2 bridgehead atoms. The van der Waals surface area contributed by atoms with E-state index in [1.165, 1.54) is 6.42 Å². The Morgan fingerprint density at radius 1 is 1.32 bits per heavy atom. The number of fused-ring (bicyclic) bond motifs is 2. The Balaban J connectivity index is 1.33. The lowest BCUT2D eigenvalue weighted by atomic mass is 9.70. The number of aromatic nitrogens is 2. The van der Waals surface area contributed by atoms with Gasteiger partial charge in [0, 0.05) is 34.6 Å². The van der Waals surface area contributed by atoms with E-state index in [9.17, 15) is 4.79 Å². The second-order valence-electron chi connectivity index (χ2n) is 8.61. The van der Waals surface area contributed by atoms with Crippen molar-refractivity contribution in [3.63, 3.8) is 0 Å². The number of halogens is 1. The number of carbonyl (C=O) groups is 1. The van der Waals surface area contributed by atoms with Crippen molar-refractivity contribution in [1.29, 1.82) is 0 Å². The van der Waals surface area contributed by atoms with E-state index in [4.69, 9.17) is 16.1 Å². The zero-order chi connectivity index (χ0) is 19.9. The monoisotopic (exact) mass is 400 g/mol. The van der Waals surface area contributed by atoms with Gasteiger partial charge in [0.25, 0.3) is 0 Å². The van der Waals surface area contributed by atoms with Gasteiger partial charge in [0.05, 0.1) is 0 Å². The maximum Gasteiger partial charge on any atom is 0.240 e. The SMILES string of the molecule is CC1(C)[C@H]2CC[C@@]1(C)/C(=N/NC(=O)CCc1nc(-c3ccc(Cl)cc3)no1)C2. The van der Waals surface area contributed by atoms with Gasteiger partial charge in [-0.2, -0.15) is 10.1 Å². The molecule has 0 unspecified atom stereocenters. The minimum absolute atomic E-state index is 0.0882. The molecule has 1 aromatic carbocycles. The average molecular weight is 401 g/mol. The van der Waals surface area contributed by atoms with E-state index < -0.39 is 0 Å². The molecule has 0 aliphatic heterocycles. The van der Waals surface area contributed by atoms with Crippen molar-refractivity contribution in [3.05, 3.63) is 35.2 Å². The fraction of sp³-hybridized carbons (Fsp3) is 0.524. The van der Waals surface area contributed by atoms with Gasteiger partial charge < -0.3 is 4.52 Å². The Labute approximate surface area is 169 Å². The average Bonchev–Trinajstić information content (AvgIpc) is 3.28. The van der Waals surface area contributed by atoms with Crippen molar-refractivity contribution in [2.24, 2.45) is 21.8 Å². The van der Waals surface area contributed by atoms with Crippen molar-refractivity contribution in [2.45, 2.75) is 52.9 Å². The molecular weight excluding hydrogens is 376 g/mol. The summed E-state index contributed by atoms with van der Waals surface area (Å²) in [6.07, 6.45) is 4.02. The second kappa shape index (κ2) is 6.99. The van der Waals surface area contributed by atoms with Gasteiger partial charge in [-0.05, 0) is 54.9 Å². The summed E-state index contributed by atoms with van der Waals surface area (Å²) in [7, 11) is 0. The van der Waals surface area contributed by atoms with Gasteiger partial charge in [-0.25, -0.2) is 5.43 Å². The molecule has 2 aliphatic rings. The van der Waals surface area contributed by atoms with Crippen LogP contribution in [0.1, 0.15) is 52.3 Å². The van der Waals surface area contributed by atoms with Crippen LogP contribution in [0.3, 0.4) is 0 Å². The largest absolute Gasteiger partial charge is 0.339 e. The molecule has 2 aromatic rings. The quantitative estimate of drug-likeness (QED) is 0.741. The number of hydrogen-bond acceptors (Lipinski definition) is 5. The van der Waals surface area contributed by atoms with Crippen LogP contribution in [-0.4, -0.2) is 21.8 Å². The van der Waals surface area contributed by atoms with Gasteiger partial charge in [0.2, 0.25) is 17.6 Å². The third-order valence-electron chi connectivity index (χ3n) is 6.96. The van der Waals surface area contributed by atoms with Gasteiger partial charge in [0.1, 0.15) is 0 Å².